The fourth-order valence-corrected chi connectivity index (χ4v) is 6.04. The Labute approximate surface area is 272 Å². The van der Waals surface area contributed by atoms with Crippen molar-refractivity contribution in [2.24, 2.45) is 4.99 Å². The lowest BCUT2D eigenvalue weighted by molar-refractivity contribution is -0.139. The number of aryl methyl sites for hydroxylation is 2. The van der Waals surface area contributed by atoms with E-state index in [-0.39, 0.29) is 55.4 Å². The van der Waals surface area contributed by atoms with Gasteiger partial charge in [0, 0.05) is 11.9 Å². The third kappa shape index (κ3) is 12.2. The lowest BCUT2D eigenvalue weighted by Crippen LogP contribution is -2.35. The van der Waals surface area contributed by atoms with Gasteiger partial charge in [-0.05, 0) is 109 Å². The molecule has 0 amide bonds. The number of nitrogens with zero attached hydrogens (tertiary/aromatic N) is 1. The average molecular weight is 700 g/mol. The third-order valence-electron chi connectivity index (χ3n) is 6.53. The third-order valence-corrected chi connectivity index (χ3v) is 8.63. The maximum absolute atomic E-state index is 14.1. The zero-order chi connectivity index (χ0) is 34.6. The highest BCUT2D eigenvalue weighted by atomic mass is 35.5. The van der Waals surface area contributed by atoms with Gasteiger partial charge in [-0.15, -0.1) is 0 Å². The van der Waals surface area contributed by atoms with Crippen LogP contribution >= 0.6 is 20.2 Å². The van der Waals surface area contributed by atoms with Crippen molar-refractivity contribution in [1.29, 1.82) is 0 Å². The van der Waals surface area contributed by atoms with E-state index < -0.39 is 48.8 Å². The van der Waals surface area contributed by atoms with E-state index in [2.05, 4.69) is 4.99 Å². The number of alkyl halides is 6. The summed E-state index contributed by atoms with van der Waals surface area (Å²) in [4.78, 5) is 4.64. The maximum Gasteiger partial charge on any atom is 0.419 e. The summed E-state index contributed by atoms with van der Waals surface area (Å²) in [7, 11) is -1.77. The fourth-order valence-electron chi connectivity index (χ4n) is 4.45. The second-order valence-corrected chi connectivity index (χ2v) is 14.6. The van der Waals surface area contributed by atoms with Crippen LogP contribution in [0.1, 0.15) is 83.6 Å². The molecule has 2 aromatic rings. The SMILES string of the molecule is CC1=NC(CCc2ccc(OCCCc3cc(C(F)(F)F)ccc3Cl)c(C(F)(F)F)c2)(COP(OC(C)(C)C)OC(C)(C)C)CO1. The molecule has 0 bridgehead atoms. The number of benzene rings is 2. The van der Waals surface area contributed by atoms with Crippen molar-refractivity contribution in [3.63, 3.8) is 0 Å². The number of hydrogen-bond acceptors (Lipinski definition) is 6. The largest absolute Gasteiger partial charge is 0.493 e. The first kappa shape index (κ1) is 38.3. The van der Waals surface area contributed by atoms with Crippen LogP contribution in [0.2, 0.25) is 5.02 Å². The van der Waals surface area contributed by atoms with Gasteiger partial charge in [0.25, 0.3) is 0 Å². The molecule has 14 heteroatoms. The van der Waals surface area contributed by atoms with Gasteiger partial charge < -0.3 is 23.0 Å². The van der Waals surface area contributed by atoms with Gasteiger partial charge in [0.15, 0.2) is 5.90 Å². The van der Waals surface area contributed by atoms with Crippen LogP contribution < -0.4 is 4.74 Å². The molecule has 0 saturated heterocycles. The summed E-state index contributed by atoms with van der Waals surface area (Å²) in [6.07, 6.45) is -8.43. The van der Waals surface area contributed by atoms with E-state index in [1.54, 1.807) is 13.0 Å². The average Bonchev–Trinajstić information content (AvgIpc) is 3.27. The quantitative estimate of drug-likeness (QED) is 0.118. The van der Waals surface area contributed by atoms with Gasteiger partial charge in [0.1, 0.15) is 17.9 Å². The van der Waals surface area contributed by atoms with Crippen LogP contribution in [0.5, 0.6) is 5.75 Å². The van der Waals surface area contributed by atoms with Gasteiger partial charge in [-0.25, -0.2) is 4.99 Å². The predicted octanol–water partition coefficient (Wildman–Crippen LogP) is 10.4. The Kier molecular flexibility index (Phi) is 12.5. The second-order valence-electron chi connectivity index (χ2n) is 13.1. The molecule has 3 rings (SSSR count). The summed E-state index contributed by atoms with van der Waals surface area (Å²) < 4.78 is 111. The number of ether oxygens (including phenoxy) is 2. The first-order valence-electron chi connectivity index (χ1n) is 14.7. The minimum Gasteiger partial charge on any atom is -0.493 e. The summed E-state index contributed by atoms with van der Waals surface area (Å²) in [6, 6.07) is 6.81. The van der Waals surface area contributed by atoms with Gasteiger partial charge in [0.05, 0.1) is 35.5 Å². The zero-order valence-electron chi connectivity index (χ0n) is 27.0. The molecule has 6 nitrogen and oxygen atoms in total. The van der Waals surface area contributed by atoms with Crippen molar-refractivity contribution in [3.8, 4) is 5.75 Å². The van der Waals surface area contributed by atoms with Crippen molar-refractivity contribution >= 4 is 26.1 Å². The lowest BCUT2D eigenvalue weighted by atomic mass is 9.93. The monoisotopic (exact) mass is 699 g/mol. The highest BCUT2D eigenvalue weighted by Crippen LogP contribution is 2.48. The number of halogens is 7. The van der Waals surface area contributed by atoms with E-state index in [9.17, 15) is 26.3 Å². The molecule has 1 heterocycles. The van der Waals surface area contributed by atoms with Crippen molar-refractivity contribution in [2.45, 2.75) is 103 Å². The molecule has 1 aliphatic heterocycles. The number of hydrogen-bond donors (Lipinski definition) is 0. The number of rotatable bonds is 13. The Balaban J connectivity index is 1.69. The van der Waals surface area contributed by atoms with Gasteiger partial charge >= 0.3 is 21.0 Å². The molecule has 0 radical (unpaired) electrons. The Morgan fingerprint density at radius 2 is 1.54 bits per heavy atom. The van der Waals surface area contributed by atoms with Crippen LogP contribution in [0.4, 0.5) is 26.3 Å². The van der Waals surface area contributed by atoms with E-state index >= 15 is 0 Å². The van der Waals surface area contributed by atoms with E-state index in [0.29, 0.717) is 17.9 Å². The molecule has 0 fully saturated rings. The van der Waals surface area contributed by atoms with E-state index in [4.69, 9.17) is 34.6 Å². The molecule has 1 unspecified atom stereocenters. The molecule has 258 valence electrons. The summed E-state index contributed by atoms with van der Waals surface area (Å²) >= 11 is 6.03. The minimum atomic E-state index is -4.70. The molecule has 1 aliphatic rings. The van der Waals surface area contributed by atoms with E-state index in [1.807, 2.05) is 41.5 Å². The summed E-state index contributed by atoms with van der Waals surface area (Å²) in [6.45, 7) is 13.1. The van der Waals surface area contributed by atoms with E-state index in [1.165, 1.54) is 6.07 Å². The van der Waals surface area contributed by atoms with Crippen LogP contribution in [-0.2, 0) is 43.5 Å². The number of aliphatic imine (C=N–C) groups is 1. The Morgan fingerprint density at radius 1 is 0.891 bits per heavy atom. The first-order valence-corrected chi connectivity index (χ1v) is 16.2. The highest BCUT2D eigenvalue weighted by molar-refractivity contribution is 7.41. The van der Waals surface area contributed by atoms with Gasteiger partial charge in [-0.3, -0.25) is 0 Å². The van der Waals surface area contributed by atoms with Gasteiger partial charge in [-0.2, -0.15) is 26.3 Å². The fraction of sp³-hybridized carbons (Fsp3) is 0.594. The lowest BCUT2D eigenvalue weighted by Gasteiger charge is -2.32. The zero-order valence-corrected chi connectivity index (χ0v) is 28.6. The maximum atomic E-state index is 14.1. The summed E-state index contributed by atoms with van der Waals surface area (Å²) in [5.41, 5.74) is -3.09. The molecular formula is C32H41ClF6NO5P. The Morgan fingerprint density at radius 3 is 2.09 bits per heavy atom. The van der Waals surface area contributed by atoms with Crippen LogP contribution in [-0.4, -0.2) is 42.5 Å². The Hall–Kier alpha value is -2.11. The summed E-state index contributed by atoms with van der Waals surface area (Å²) in [5, 5.41) is 0.142. The van der Waals surface area contributed by atoms with Crippen molar-refractivity contribution in [3.05, 3.63) is 63.7 Å². The van der Waals surface area contributed by atoms with E-state index in [0.717, 1.165) is 24.3 Å². The first-order chi connectivity index (χ1) is 21.1. The molecule has 0 aliphatic carbocycles. The van der Waals surface area contributed by atoms with Crippen molar-refractivity contribution < 1.29 is 49.4 Å². The molecule has 2 aromatic carbocycles. The molecule has 1 atom stereocenters. The van der Waals surface area contributed by atoms with Crippen LogP contribution in [0.25, 0.3) is 0 Å². The minimum absolute atomic E-state index is 0.0748. The van der Waals surface area contributed by atoms with Gasteiger partial charge in [-0.1, -0.05) is 17.7 Å². The Bertz CT molecular complexity index is 1340. The highest BCUT2D eigenvalue weighted by Gasteiger charge is 2.39. The molecule has 0 N–H and O–H groups in total. The van der Waals surface area contributed by atoms with Crippen LogP contribution in [0.15, 0.2) is 41.4 Å². The molecule has 0 spiro atoms. The predicted molar refractivity (Wildman–Crippen MR) is 166 cm³/mol. The van der Waals surface area contributed by atoms with Gasteiger partial charge in [0.2, 0.25) is 0 Å². The van der Waals surface area contributed by atoms with Crippen LogP contribution in [0, 0.1) is 0 Å². The molecular weight excluding hydrogens is 659 g/mol. The van der Waals surface area contributed by atoms with Crippen molar-refractivity contribution in [2.75, 3.05) is 19.8 Å². The van der Waals surface area contributed by atoms with Crippen LogP contribution in [0.3, 0.4) is 0 Å². The molecule has 46 heavy (non-hydrogen) atoms. The second kappa shape index (κ2) is 15.0. The topological polar surface area (TPSA) is 58.5 Å². The molecule has 0 saturated carbocycles. The smallest absolute Gasteiger partial charge is 0.419 e. The normalized spacial score (nSPS) is 17.8. The molecule has 0 aromatic heterocycles. The van der Waals surface area contributed by atoms with Crippen molar-refractivity contribution in [1.82, 2.24) is 0 Å². The standard InChI is InChI=1S/C32H41ClF6NO5P/c1-21-40-30(19-42-21,20-43-46(44-28(2,3)4)45-29(5,6)7)15-14-22-10-13-27(25(17-22)32(37,38)39)41-16-8-9-23-18-24(31(34,35)36)11-12-26(23)33/h10-13,17-18H,8-9,14-16,19-20H2,1-7H3. The summed E-state index contributed by atoms with van der Waals surface area (Å²) in [5.74, 6) is 0.0827.